The number of anilines is 1. The third-order valence-electron chi connectivity index (χ3n) is 4.26. The van der Waals surface area contributed by atoms with Gasteiger partial charge in [-0.05, 0) is 60.5 Å². The van der Waals surface area contributed by atoms with E-state index in [9.17, 15) is 9.90 Å². The van der Waals surface area contributed by atoms with Gasteiger partial charge in [0.05, 0.1) is 5.56 Å². The van der Waals surface area contributed by atoms with E-state index in [1.807, 2.05) is 43.3 Å². The Morgan fingerprint density at radius 3 is 2.57 bits per heavy atom. The van der Waals surface area contributed by atoms with Gasteiger partial charge >= 0.3 is 5.97 Å². The Kier molecular flexibility index (Phi) is 6.45. The summed E-state index contributed by atoms with van der Waals surface area (Å²) >= 11 is 12.2. The fraction of sp³-hybridized carbons (Fsp3) is 0.136. The van der Waals surface area contributed by atoms with Crippen LogP contribution < -0.4 is 10.1 Å². The van der Waals surface area contributed by atoms with Crippen molar-refractivity contribution in [3.8, 4) is 5.75 Å². The molecular formula is C22H19Cl2NO3. The highest BCUT2D eigenvalue weighted by atomic mass is 35.5. The molecule has 0 aliphatic rings. The molecule has 0 fully saturated rings. The number of carbonyl (C=O) groups is 1. The summed E-state index contributed by atoms with van der Waals surface area (Å²) in [5.74, 6) is -0.264. The molecule has 144 valence electrons. The number of rotatable bonds is 7. The number of carboxylic acids is 1. The number of halogens is 2. The Labute approximate surface area is 173 Å². The number of aromatic carboxylic acids is 1. The lowest BCUT2D eigenvalue weighted by Crippen LogP contribution is -2.06. The van der Waals surface area contributed by atoms with Gasteiger partial charge in [0.15, 0.2) is 0 Å². The van der Waals surface area contributed by atoms with Crippen molar-refractivity contribution in [3.63, 3.8) is 0 Å². The van der Waals surface area contributed by atoms with Crippen LogP contribution in [0.4, 0.5) is 5.69 Å². The van der Waals surface area contributed by atoms with Crippen LogP contribution in [0.5, 0.6) is 5.75 Å². The molecule has 0 amide bonds. The first kappa shape index (κ1) is 20.1. The summed E-state index contributed by atoms with van der Waals surface area (Å²) < 4.78 is 5.96. The number of hydrogen-bond donors (Lipinski definition) is 2. The monoisotopic (exact) mass is 415 g/mol. The van der Waals surface area contributed by atoms with Crippen LogP contribution in [0.25, 0.3) is 0 Å². The molecule has 0 aliphatic carbocycles. The lowest BCUT2D eigenvalue weighted by Gasteiger charge is -2.15. The van der Waals surface area contributed by atoms with Gasteiger partial charge in [-0.3, -0.25) is 0 Å². The SMILES string of the molecule is Cc1ccc(C(=O)O)cc1NCc1cc(Cl)ccc1OCc1cccc(Cl)c1. The largest absolute Gasteiger partial charge is 0.489 e. The zero-order chi connectivity index (χ0) is 20.1. The Morgan fingerprint density at radius 2 is 1.82 bits per heavy atom. The molecule has 0 aliphatic heterocycles. The van der Waals surface area contributed by atoms with E-state index in [1.165, 1.54) is 0 Å². The molecule has 0 spiro atoms. The van der Waals surface area contributed by atoms with Crippen molar-refractivity contribution in [2.75, 3.05) is 5.32 Å². The van der Waals surface area contributed by atoms with Gasteiger partial charge in [-0.15, -0.1) is 0 Å². The number of carboxylic acid groups (broad SMARTS) is 1. The highest BCUT2D eigenvalue weighted by Gasteiger charge is 2.09. The van der Waals surface area contributed by atoms with Gasteiger partial charge in [-0.1, -0.05) is 41.4 Å². The highest BCUT2D eigenvalue weighted by molar-refractivity contribution is 6.30. The second-order valence-corrected chi connectivity index (χ2v) is 7.23. The van der Waals surface area contributed by atoms with Crippen molar-refractivity contribution in [1.29, 1.82) is 0 Å². The quantitative estimate of drug-likeness (QED) is 0.482. The average molecular weight is 416 g/mol. The minimum absolute atomic E-state index is 0.233. The molecule has 0 saturated heterocycles. The lowest BCUT2D eigenvalue weighted by atomic mass is 10.1. The molecule has 28 heavy (non-hydrogen) atoms. The molecule has 3 aromatic rings. The van der Waals surface area contributed by atoms with E-state index in [0.29, 0.717) is 28.9 Å². The molecule has 3 rings (SSSR count). The molecule has 0 saturated carbocycles. The van der Waals surface area contributed by atoms with Crippen LogP contribution in [0, 0.1) is 6.92 Å². The van der Waals surface area contributed by atoms with E-state index in [-0.39, 0.29) is 5.56 Å². The van der Waals surface area contributed by atoms with Crippen LogP contribution in [-0.4, -0.2) is 11.1 Å². The molecule has 3 aromatic carbocycles. The van der Waals surface area contributed by atoms with Crippen molar-refractivity contribution in [2.45, 2.75) is 20.1 Å². The molecule has 6 heteroatoms. The molecule has 0 atom stereocenters. The van der Waals surface area contributed by atoms with Crippen molar-refractivity contribution in [2.24, 2.45) is 0 Å². The van der Waals surface area contributed by atoms with Gasteiger partial charge in [0, 0.05) is 27.8 Å². The minimum atomic E-state index is -0.962. The lowest BCUT2D eigenvalue weighted by molar-refractivity contribution is 0.0697. The zero-order valence-corrected chi connectivity index (χ0v) is 16.7. The molecule has 4 nitrogen and oxygen atoms in total. The van der Waals surface area contributed by atoms with E-state index in [4.69, 9.17) is 27.9 Å². The number of ether oxygens (including phenoxy) is 1. The Hall–Kier alpha value is -2.69. The average Bonchev–Trinajstić information content (AvgIpc) is 2.66. The van der Waals surface area contributed by atoms with Crippen molar-refractivity contribution in [3.05, 3.63) is 93.0 Å². The third-order valence-corrected chi connectivity index (χ3v) is 4.73. The second-order valence-electron chi connectivity index (χ2n) is 6.36. The number of aryl methyl sites for hydroxylation is 1. The number of nitrogens with one attached hydrogen (secondary N) is 1. The maximum absolute atomic E-state index is 11.2. The summed E-state index contributed by atoms with van der Waals surface area (Å²) in [6.45, 7) is 2.74. The van der Waals surface area contributed by atoms with Crippen LogP contribution in [0.15, 0.2) is 60.7 Å². The molecule has 0 bridgehead atoms. The summed E-state index contributed by atoms with van der Waals surface area (Å²) in [5, 5.41) is 13.7. The first-order valence-corrected chi connectivity index (χ1v) is 9.41. The van der Waals surface area contributed by atoms with E-state index >= 15 is 0 Å². The maximum atomic E-state index is 11.2. The number of hydrogen-bond acceptors (Lipinski definition) is 3. The van der Waals surface area contributed by atoms with Crippen molar-refractivity contribution < 1.29 is 14.6 Å². The Balaban J connectivity index is 1.76. The van der Waals surface area contributed by atoms with Crippen LogP contribution in [-0.2, 0) is 13.2 Å². The second kappa shape index (κ2) is 9.00. The van der Waals surface area contributed by atoms with Gasteiger partial charge in [0.25, 0.3) is 0 Å². The molecule has 0 aromatic heterocycles. The summed E-state index contributed by atoms with van der Waals surface area (Å²) in [5.41, 5.74) is 3.77. The Bertz CT molecular complexity index is 1000. The standard InChI is InChI=1S/C22H19Cl2NO3/c1-14-5-6-16(22(26)27)11-20(14)25-12-17-10-19(24)7-8-21(17)28-13-15-3-2-4-18(23)9-15/h2-11,25H,12-13H2,1H3,(H,26,27). The summed E-state index contributed by atoms with van der Waals surface area (Å²) in [6.07, 6.45) is 0. The summed E-state index contributed by atoms with van der Waals surface area (Å²) in [6, 6.07) is 17.9. The first-order chi connectivity index (χ1) is 13.4. The summed E-state index contributed by atoms with van der Waals surface area (Å²) in [4.78, 5) is 11.2. The summed E-state index contributed by atoms with van der Waals surface area (Å²) in [7, 11) is 0. The van der Waals surface area contributed by atoms with Gasteiger partial charge in [0.1, 0.15) is 12.4 Å². The fourth-order valence-corrected chi connectivity index (χ4v) is 3.16. The van der Waals surface area contributed by atoms with Crippen molar-refractivity contribution in [1.82, 2.24) is 0 Å². The maximum Gasteiger partial charge on any atom is 0.335 e. The predicted octanol–water partition coefficient (Wildman–Crippen LogP) is 6.19. The Morgan fingerprint density at radius 1 is 1.04 bits per heavy atom. The van der Waals surface area contributed by atoms with Crippen LogP contribution in [0.1, 0.15) is 27.0 Å². The van der Waals surface area contributed by atoms with Crippen molar-refractivity contribution >= 4 is 34.9 Å². The van der Waals surface area contributed by atoms with Crippen LogP contribution in [0.3, 0.4) is 0 Å². The van der Waals surface area contributed by atoms with Gasteiger partial charge < -0.3 is 15.2 Å². The van der Waals surface area contributed by atoms with E-state index in [2.05, 4.69) is 5.32 Å². The number of benzene rings is 3. The minimum Gasteiger partial charge on any atom is -0.489 e. The molecule has 2 N–H and O–H groups in total. The van der Waals surface area contributed by atoms with Gasteiger partial charge in [-0.25, -0.2) is 4.79 Å². The molecular weight excluding hydrogens is 397 g/mol. The molecule has 0 unspecified atom stereocenters. The van der Waals surface area contributed by atoms with E-state index < -0.39 is 5.97 Å². The first-order valence-electron chi connectivity index (χ1n) is 8.66. The fourth-order valence-electron chi connectivity index (χ4n) is 2.75. The van der Waals surface area contributed by atoms with Gasteiger partial charge in [-0.2, -0.15) is 0 Å². The smallest absolute Gasteiger partial charge is 0.335 e. The van der Waals surface area contributed by atoms with Gasteiger partial charge in [0.2, 0.25) is 0 Å². The molecule has 0 radical (unpaired) electrons. The highest BCUT2D eigenvalue weighted by Crippen LogP contribution is 2.26. The zero-order valence-electron chi connectivity index (χ0n) is 15.2. The molecule has 0 heterocycles. The predicted molar refractivity (Wildman–Crippen MR) is 113 cm³/mol. The van der Waals surface area contributed by atoms with Crippen LogP contribution in [0.2, 0.25) is 10.0 Å². The topological polar surface area (TPSA) is 58.6 Å². The van der Waals surface area contributed by atoms with Crippen LogP contribution >= 0.6 is 23.2 Å². The van der Waals surface area contributed by atoms with E-state index in [0.717, 1.165) is 22.4 Å². The third kappa shape index (κ3) is 5.18. The normalized spacial score (nSPS) is 10.5. The van der Waals surface area contributed by atoms with E-state index in [1.54, 1.807) is 24.3 Å².